The van der Waals surface area contributed by atoms with Gasteiger partial charge in [-0.3, -0.25) is 24.6 Å². The van der Waals surface area contributed by atoms with Crippen molar-refractivity contribution in [1.82, 2.24) is 44.7 Å². The predicted octanol–water partition coefficient (Wildman–Crippen LogP) is 4.94. The third-order valence-electron chi connectivity index (χ3n) is 13.7. The van der Waals surface area contributed by atoms with E-state index in [2.05, 4.69) is 45.6 Å². The Morgan fingerprint density at radius 2 is 1.45 bits per heavy atom. The van der Waals surface area contributed by atoms with E-state index >= 15 is 0 Å². The average molecular weight is 838 g/mol. The molecule has 7 heterocycles. The summed E-state index contributed by atoms with van der Waals surface area (Å²) in [7, 11) is 0. The first-order valence-electron chi connectivity index (χ1n) is 22.4. The largest absolute Gasteiger partial charge is 0.457 e. The number of piperazine rings is 1. The molecule has 322 valence electrons. The Morgan fingerprint density at radius 1 is 0.742 bits per heavy atom. The molecule has 62 heavy (non-hydrogen) atoms. The van der Waals surface area contributed by atoms with E-state index in [1.165, 1.54) is 19.3 Å². The zero-order valence-corrected chi connectivity index (χ0v) is 35.2. The van der Waals surface area contributed by atoms with Crippen LogP contribution in [0.5, 0.6) is 11.5 Å². The summed E-state index contributed by atoms with van der Waals surface area (Å²) in [6.45, 7) is 11.0. The van der Waals surface area contributed by atoms with Gasteiger partial charge in [0.15, 0.2) is 5.65 Å². The van der Waals surface area contributed by atoms with Gasteiger partial charge in [-0.25, -0.2) is 14.6 Å². The Labute approximate surface area is 361 Å². The summed E-state index contributed by atoms with van der Waals surface area (Å²) in [4.78, 5) is 58.3. The molecule has 0 radical (unpaired) electrons. The third-order valence-corrected chi connectivity index (χ3v) is 13.7. The Morgan fingerprint density at radius 3 is 2.19 bits per heavy atom. The Bertz CT molecular complexity index is 2420. The minimum Gasteiger partial charge on any atom is -0.457 e. The highest BCUT2D eigenvalue weighted by Gasteiger charge is 2.39. The Balaban J connectivity index is 0.662. The number of para-hydroxylation sites is 1. The molecule has 4 fully saturated rings. The zero-order valence-electron chi connectivity index (χ0n) is 35.2. The molecule has 1 atom stereocenters. The highest BCUT2D eigenvalue weighted by molar-refractivity contribution is 6.05. The quantitative estimate of drug-likeness (QED) is 0.173. The number of hydrogen-bond acceptors (Lipinski definition) is 12. The number of ether oxygens (including phenoxy) is 1. The van der Waals surface area contributed by atoms with E-state index in [1.807, 2.05) is 66.7 Å². The number of likely N-dealkylation sites (tertiary alicyclic amines) is 2. The molecule has 5 aromatic rings. The first-order chi connectivity index (χ1) is 30.3. The molecule has 4 saturated heterocycles. The molecule has 10 rings (SSSR count). The van der Waals surface area contributed by atoms with Crippen LogP contribution < -0.4 is 20.7 Å². The fourth-order valence-corrected chi connectivity index (χ4v) is 10.3. The van der Waals surface area contributed by atoms with Crippen LogP contribution in [0, 0.1) is 0 Å². The van der Waals surface area contributed by atoms with E-state index in [4.69, 9.17) is 15.6 Å². The molecule has 15 nitrogen and oxygen atoms in total. The second kappa shape index (κ2) is 17.5. The first kappa shape index (κ1) is 40.2. The molecule has 5 aliphatic heterocycles. The second-order valence-electron chi connectivity index (χ2n) is 17.5. The number of rotatable bonds is 11. The number of nitrogens with one attached hydrogen (secondary N) is 1. The van der Waals surface area contributed by atoms with Gasteiger partial charge in [0.2, 0.25) is 11.8 Å². The van der Waals surface area contributed by atoms with Gasteiger partial charge in [0.25, 0.3) is 5.91 Å². The number of nitrogens with zero attached hydrogens (tertiary/aromatic N) is 9. The van der Waals surface area contributed by atoms with Gasteiger partial charge in [0.1, 0.15) is 35.4 Å². The van der Waals surface area contributed by atoms with Gasteiger partial charge in [-0.15, -0.1) is 0 Å². The molecule has 3 N–H and O–H groups in total. The lowest BCUT2D eigenvalue weighted by Gasteiger charge is -2.42. The van der Waals surface area contributed by atoms with Gasteiger partial charge < -0.3 is 30.1 Å². The number of hydrogen-bond donors (Lipinski definition) is 2. The molecular weight excluding hydrogens is 783 g/mol. The summed E-state index contributed by atoms with van der Waals surface area (Å²) >= 11 is 0. The van der Waals surface area contributed by atoms with E-state index in [0.717, 1.165) is 123 Å². The molecule has 0 saturated carbocycles. The van der Waals surface area contributed by atoms with Crippen molar-refractivity contribution in [3.63, 3.8) is 0 Å². The predicted molar refractivity (Wildman–Crippen MR) is 237 cm³/mol. The number of fused-ring (bicyclic) bond motifs is 2. The molecular formula is C47H55N11O4. The summed E-state index contributed by atoms with van der Waals surface area (Å²) in [5, 5.41) is 8.34. The Kier molecular flexibility index (Phi) is 11.3. The standard InChI is InChI=1S/C47H55N11O4/c48-44-42-43(32-7-10-38(11-8-32)62-37-5-2-1-3-6-37)52-58(45(42)50-31-49-44)35-17-23-55(24-18-35)34-15-21-53(22-16-34)19-4-20-54-25-27-56(28-26-54)36-9-12-39-33(29-36)30-57(47(39)61)40-13-14-41(59)51-46(40)60/h1-3,5-12,29,31,34-35,40H,4,13-28,30H2,(H2,48,49,50)(H,51,59,60). The minimum atomic E-state index is -0.587. The zero-order chi connectivity index (χ0) is 42.2. The molecule has 15 heteroatoms. The van der Waals surface area contributed by atoms with Crippen molar-refractivity contribution in [3.05, 3.63) is 90.3 Å². The molecule has 0 aliphatic carbocycles. The molecule has 3 aromatic carbocycles. The smallest absolute Gasteiger partial charge is 0.255 e. The number of imide groups is 1. The summed E-state index contributed by atoms with van der Waals surface area (Å²) in [6, 6.07) is 24.1. The van der Waals surface area contributed by atoms with Crippen molar-refractivity contribution in [2.75, 3.05) is 76.1 Å². The van der Waals surface area contributed by atoms with Crippen LogP contribution in [0.2, 0.25) is 0 Å². The summed E-state index contributed by atoms with van der Waals surface area (Å²) in [5.74, 6) is 1.24. The SMILES string of the molecule is Nc1ncnc2c1c(-c1ccc(Oc3ccccc3)cc1)nn2C1CCN(C2CCN(CCCN3CCN(c4ccc5c(c4)CN(C4CCC(=O)NC4=O)C5=O)CC3)CC2)CC1. The van der Waals surface area contributed by atoms with Crippen molar-refractivity contribution < 1.29 is 19.1 Å². The fraction of sp³-hybridized carbons (Fsp3) is 0.447. The van der Waals surface area contributed by atoms with Crippen LogP contribution in [0.25, 0.3) is 22.3 Å². The van der Waals surface area contributed by atoms with Crippen molar-refractivity contribution in [1.29, 1.82) is 0 Å². The minimum absolute atomic E-state index is 0.123. The normalized spacial score (nSPS) is 21.2. The van der Waals surface area contributed by atoms with E-state index in [1.54, 1.807) is 11.2 Å². The maximum Gasteiger partial charge on any atom is 0.255 e. The van der Waals surface area contributed by atoms with Crippen LogP contribution in [0.1, 0.15) is 66.9 Å². The van der Waals surface area contributed by atoms with Crippen LogP contribution in [-0.4, -0.2) is 135 Å². The van der Waals surface area contributed by atoms with Crippen LogP contribution in [0.4, 0.5) is 11.5 Å². The van der Waals surface area contributed by atoms with E-state index < -0.39 is 6.04 Å². The van der Waals surface area contributed by atoms with E-state index in [-0.39, 0.29) is 30.2 Å². The molecule has 1 unspecified atom stereocenters. The first-order valence-corrected chi connectivity index (χ1v) is 22.4. The summed E-state index contributed by atoms with van der Waals surface area (Å²) in [5.41, 5.74) is 11.8. The van der Waals surface area contributed by atoms with Gasteiger partial charge in [-0.2, -0.15) is 5.10 Å². The van der Waals surface area contributed by atoms with Crippen LogP contribution >= 0.6 is 0 Å². The van der Waals surface area contributed by atoms with E-state index in [0.29, 0.717) is 30.4 Å². The van der Waals surface area contributed by atoms with E-state index in [9.17, 15) is 14.4 Å². The lowest BCUT2D eigenvalue weighted by Crippen LogP contribution is -2.52. The molecule has 3 amide bonds. The Hall–Kier alpha value is -5.90. The average Bonchev–Trinajstić information content (AvgIpc) is 3.86. The molecule has 0 spiro atoms. The lowest BCUT2D eigenvalue weighted by atomic mass is 9.97. The van der Waals surface area contributed by atoms with Crippen molar-refractivity contribution in [3.8, 4) is 22.8 Å². The van der Waals surface area contributed by atoms with Gasteiger partial charge in [0.05, 0.1) is 11.4 Å². The molecule has 2 aromatic heterocycles. The number of amides is 3. The number of benzene rings is 3. The van der Waals surface area contributed by atoms with Gasteiger partial charge in [0, 0.05) is 75.1 Å². The maximum absolute atomic E-state index is 13.2. The monoisotopic (exact) mass is 837 g/mol. The topological polar surface area (TPSA) is 158 Å². The number of piperidine rings is 3. The number of aromatic nitrogens is 4. The summed E-state index contributed by atoms with van der Waals surface area (Å²) < 4.78 is 8.13. The number of nitrogen functional groups attached to an aromatic ring is 1. The fourth-order valence-electron chi connectivity index (χ4n) is 10.3. The van der Waals surface area contributed by atoms with Crippen LogP contribution in [0.3, 0.4) is 0 Å². The van der Waals surface area contributed by atoms with Crippen molar-refractivity contribution in [2.24, 2.45) is 0 Å². The maximum atomic E-state index is 13.2. The van der Waals surface area contributed by atoms with Crippen molar-refractivity contribution in [2.45, 2.75) is 69.6 Å². The lowest BCUT2D eigenvalue weighted by molar-refractivity contribution is -0.136. The number of nitrogens with two attached hydrogens (primary N) is 1. The van der Waals surface area contributed by atoms with Gasteiger partial charge in [-0.1, -0.05) is 18.2 Å². The van der Waals surface area contributed by atoms with Crippen molar-refractivity contribution >= 4 is 40.3 Å². The van der Waals surface area contributed by atoms with Gasteiger partial charge >= 0.3 is 0 Å². The third kappa shape index (κ3) is 8.24. The molecule has 5 aliphatic rings. The number of carbonyl (C=O) groups excluding carboxylic acids is 3. The second-order valence-corrected chi connectivity index (χ2v) is 17.5. The highest BCUT2D eigenvalue weighted by Crippen LogP contribution is 2.36. The molecule has 0 bridgehead atoms. The van der Waals surface area contributed by atoms with Crippen LogP contribution in [0.15, 0.2) is 79.1 Å². The number of anilines is 2. The highest BCUT2D eigenvalue weighted by atomic mass is 16.5. The van der Waals surface area contributed by atoms with Gasteiger partial charge in [-0.05, 0) is 125 Å². The van der Waals surface area contributed by atoms with Crippen LogP contribution in [-0.2, 0) is 16.1 Å². The summed E-state index contributed by atoms with van der Waals surface area (Å²) in [6.07, 6.45) is 7.82. The number of carbonyl (C=O) groups is 3.